The molecule has 1 saturated heterocycles. The maximum atomic E-state index is 13.5. The van der Waals surface area contributed by atoms with Gasteiger partial charge >= 0.3 is 6.18 Å². The molecule has 1 unspecified atom stereocenters. The molecule has 1 amide bonds. The number of halogens is 3. The Bertz CT molecular complexity index is 1410. The number of alkyl halides is 3. The molecule has 3 heterocycles. The van der Waals surface area contributed by atoms with E-state index in [-0.39, 0.29) is 43.4 Å². The zero-order valence-corrected chi connectivity index (χ0v) is 20.4. The van der Waals surface area contributed by atoms with Crippen LogP contribution >= 0.6 is 0 Å². The number of amides is 1. The van der Waals surface area contributed by atoms with Crippen LogP contribution in [-0.4, -0.2) is 50.7 Å². The standard InChI is InChI=1S/C27H25F3N4O4/c1-17-6-8-18(9-7-17)23(35)15-33-14-21(31-32-33)22-16-37-13-12-34(22)26(36)25-11-10-24(38-25)19-4-2-3-5-20(19)27(28,29)30/h2-11,14,22-23,35H,12-13,15-16H2,1H3/t22?,23-/m1/s1. The third-order valence-corrected chi connectivity index (χ3v) is 6.42. The predicted molar refractivity (Wildman–Crippen MR) is 130 cm³/mol. The van der Waals surface area contributed by atoms with Crippen molar-refractivity contribution in [2.24, 2.45) is 0 Å². The molecule has 0 aliphatic carbocycles. The Morgan fingerprint density at radius 2 is 1.89 bits per heavy atom. The molecule has 2 aromatic carbocycles. The summed E-state index contributed by atoms with van der Waals surface area (Å²) in [6.07, 6.45) is -3.72. The molecule has 4 aromatic rings. The van der Waals surface area contributed by atoms with Crippen LogP contribution in [0.1, 0.15) is 45.1 Å². The fourth-order valence-electron chi connectivity index (χ4n) is 4.40. The summed E-state index contributed by atoms with van der Waals surface area (Å²) in [5, 5.41) is 18.9. The monoisotopic (exact) mass is 526 g/mol. The van der Waals surface area contributed by atoms with E-state index in [4.69, 9.17) is 9.15 Å². The van der Waals surface area contributed by atoms with Gasteiger partial charge in [-0.15, -0.1) is 5.10 Å². The van der Waals surface area contributed by atoms with Crippen LogP contribution in [0.25, 0.3) is 11.3 Å². The molecule has 11 heteroatoms. The summed E-state index contributed by atoms with van der Waals surface area (Å²) < 4.78 is 53.1. The summed E-state index contributed by atoms with van der Waals surface area (Å²) in [6.45, 7) is 2.81. The van der Waals surface area contributed by atoms with Crippen molar-refractivity contribution in [2.45, 2.75) is 31.8 Å². The van der Waals surface area contributed by atoms with E-state index in [0.717, 1.165) is 17.2 Å². The van der Waals surface area contributed by atoms with Gasteiger partial charge in [-0.05, 0) is 30.7 Å². The van der Waals surface area contributed by atoms with Crippen LogP contribution < -0.4 is 0 Å². The Balaban J connectivity index is 1.34. The number of ether oxygens (including phenoxy) is 1. The average molecular weight is 527 g/mol. The van der Waals surface area contributed by atoms with Gasteiger partial charge in [0.1, 0.15) is 17.5 Å². The van der Waals surface area contributed by atoms with Crippen molar-refractivity contribution in [1.82, 2.24) is 19.9 Å². The number of nitrogens with zero attached hydrogens (tertiary/aromatic N) is 4. The predicted octanol–water partition coefficient (Wildman–Crippen LogP) is 4.81. The highest BCUT2D eigenvalue weighted by Gasteiger charge is 2.36. The molecule has 1 N–H and O–H groups in total. The van der Waals surface area contributed by atoms with Gasteiger partial charge in [-0.1, -0.05) is 53.2 Å². The smallest absolute Gasteiger partial charge is 0.417 e. The number of hydrogen-bond donors (Lipinski definition) is 1. The van der Waals surface area contributed by atoms with Crippen molar-refractivity contribution in [1.29, 1.82) is 0 Å². The van der Waals surface area contributed by atoms with E-state index in [1.165, 1.54) is 39.9 Å². The molecule has 38 heavy (non-hydrogen) atoms. The van der Waals surface area contributed by atoms with Gasteiger partial charge in [0.15, 0.2) is 5.76 Å². The number of morpholine rings is 1. The lowest BCUT2D eigenvalue weighted by Gasteiger charge is -2.33. The number of aryl methyl sites for hydroxylation is 1. The number of carbonyl (C=O) groups is 1. The number of carbonyl (C=O) groups excluding carboxylic acids is 1. The highest BCUT2D eigenvalue weighted by Crippen LogP contribution is 2.38. The fraction of sp³-hybridized carbons (Fsp3) is 0.296. The topological polar surface area (TPSA) is 93.6 Å². The van der Waals surface area contributed by atoms with E-state index in [0.29, 0.717) is 5.69 Å². The van der Waals surface area contributed by atoms with Crippen LogP contribution in [0.15, 0.2) is 71.3 Å². The SMILES string of the molecule is Cc1ccc([C@H](O)Cn2cc(C3COCCN3C(=O)c3ccc(-c4ccccc4C(F)(F)F)o3)nn2)cc1. The third kappa shape index (κ3) is 5.34. The fourth-order valence-corrected chi connectivity index (χ4v) is 4.40. The zero-order valence-electron chi connectivity index (χ0n) is 20.4. The lowest BCUT2D eigenvalue weighted by atomic mass is 10.1. The van der Waals surface area contributed by atoms with E-state index >= 15 is 0 Å². The Morgan fingerprint density at radius 1 is 1.13 bits per heavy atom. The van der Waals surface area contributed by atoms with Gasteiger partial charge in [-0.3, -0.25) is 4.79 Å². The molecule has 0 radical (unpaired) electrons. The summed E-state index contributed by atoms with van der Waals surface area (Å²) in [6, 6.07) is 14.7. The second-order valence-corrected chi connectivity index (χ2v) is 9.09. The number of rotatable bonds is 6. The van der Waals surface area contributed by atoms with Crippen LogP contribution in [0.5, 0.6) is 0 Å². The molecule has 0 spiro atoms. The molecule has 2 aromatic heterocycles. The lowest BCUT2D eigenvalue weighted by molar-refractivity contribution is -0.137. The highest BCUT2D eigenvalue weighted by molar-refractivity contribution is 5.92. The van der Waals surface area contributed by atoms with Gasteiger partial charge in [-0.2, -0.15) is 13.2 Å². The van der Waals surface area contributed by atoms with Crippen LogP contribution in [0.2, 0.25) is 0 Å². The van der Waals surface area contributed by atoms with Crippen molar-refractivity contribution < 1.29 is 32.2 Å². The second-order valence-electron chi connectivity index (χ2n) is 9.09. The quantitative estimate of drug-likeness (QED) is 0.388. The molecular formula is C27H25F3N4O4. The van der Waals surface area contributed by atoms with Crippen LogP contribution in [0.4, 0.5) is 13.2 Å². The minimum atomic E-state index is -4.57. The van der Waals surface area contributed by atoms with Crippen molar-refractivity contribution >= 4 is 5.91 Å². The normalized spacial score (nSPS) is 17.0. The first-order valence-electron chi connectivity index (χ1n) is 12.0. The van der Waals surface area contributed by atoms with Crippen LogP contribution in [0.3, 0.4) is 0 Å². The van der Waals surface area contributed by atoms with Crippen molar-refractivity contribution in [3.05, 3.63) is 95.0 Å². The van der Waals surface area contributed by atoms with E-state index in [9.17, 15) is 23.1 Å². The average Bonchev–Trinajstić information content (AvgIpc) is 3.58. The maximum absolute atomic E-state index is 13.5. The lowest BCUT2D eigenvalue weighted by Crippen LogP contribution is -2.43. The summed E-state index contributed by atoms with van der Waals surface area (Å²) >= 11 is 0. The van der Waals surface area contributed by atoms with Gasteiger partial charge < -0.3 is 19.2 Å². The minimum Gasteiger partial charge on any atom is -0.451 e. The van der Waals surface area contributed by atoms with E-state index in [1.807, 2.05) is 31.2 Å². The molecule has 198 valence electrons. The van der Waals surface area contributed by atoms with E-state index in [2.05, 4.69) is 10.3 Å². The van der Waals surface area contributed by atoms with Gasteiger partial charge in [0, 0.05) is 12.1 Å². The largest absolute Gasteiger partial charge is 0.451 e. The second kappa shape index (κ2) is 10.4. The first-order chi connectivity index (χ1) is 18.2. The molecule has 5 rings (SSSR count). The summed E-state index contributed by atoms with van der Waals surface area (Å²) in [4.78, 5) is 14.9. The minimum absolute atomic E-state index is 0.0536. The Labute approximate surface area is 216 Å². The Kier molecular flexibility index (Phi) is 7.04. The number of aliphatic hydroxyl groups is 1. The van der Waals surface area contributed by atoms with Crippen LogP contribution in [0, 0.1) is 6.92 Å². The number of furan rings is 1. The van der Waals surface area contributed by atoms with Gasteiger partial charge in [0.25, 0.3) is 5.91 Å². The van der Waals surface area contributed by atoms with E-state index < -0.39 is 29.8 Å². The third-order valence-electron chi connectivity index (χ3n) is 6.42. The molecular weight excluding hydrogens is 501 g/mol. The summed E-state index contributed by atoms with van der Waals surface area (Å²) in [7, 11) is 0. The van der Waals surface area contributed by atoms with Crippen molar-refractivity contribution in [3.63, 3.8) is 0 Å². The summed E-state index contributed by atoms with van der Waals surface area (Å²) in [5.41, 5.74) is 1.29. The maximum Gasteiger partial charge on any atom is 0.417 e. The molecule has 0 saturated carbocycles. The first kappa shape index (κ1) is 25.7. The van der Waals surface area contributed by atoms with Crippen molar-refractivity contribution in [2.75, 3.05) is 19.8 Å². The molecule has 1 aliphatic heterocycles. The first-order valence-corrected chi connectivity index (χ1v) is 12.0. The molecule has 1 aliphatic rings. The molecule has 8 nitrogen and oxygen atoms in total. The Morgan fingerprint density at radius 3 is 2.66 bits per heavy atom. The van der Waals surface area contributed by atoms with Gasteiger partial charge in [-0.25, -0.2) is 4.68 Å². The van der Waals surface area contributed by atoms with Gasteiger partial charge in [0.2, 0.25) is 0 Å². The molecule has 2 atom stereocenters. The number of aliphatic hydroxyl groups excluding tert-OH is 1. The molecule has 1 fully saturated rings. The highest BCUT2D eigenvalue weighted by atomic mass is 19.4. The van der Waals surface area contributed by atoms with Crippen LogP contribution in [-0.2, 0) is 17.5 Å². The summed E-state index contributed by atoms with van der Waals surface area (Å²) in [5.74, 6) is -0.642. The number of hydrogen-bond acceptors (Lipinski definition) is 6. The van der Waals surface area contributed by atoms with E-state index in [1.54, 1.807) is 6.20 Å². The zero-order chi connectivity index (χ0) is 26.9. The number of aromatic nitrogens is 3. The molecule has 0 bridgehead atoms. The van der Waals surface area contributed by atoms with Crippen molar-refractivity contribution in [3.8, 4) is 11.3 Å². The number of benzene rings is 2. The van der Waals surface area contributed by atoms with Gasteiger partial charge in [0.05, 0.1) is 37.6 Å². The Hall–Kier alpha value is -3.96.